The highest BCUT2D eigenvalue weighted by atomic mass is 35.5. The molecule has 0 aliphatic heterocycles. The van der Waals surface area contributed by atoms with Crippen molar-refractivity contribution < 1.29 is 22.7 Å². The molecule has 0 spiro atoms. The largest absolute Gasteiger partial charge is 0.497 e. The van der Waals surface area contributed by atoms with Gasteiger partial charge in [-0.25, -0.2) is 8.42 Å². The lowest BCUT2D eigenvalue weighted by Crippen LogP contribution is -2.52. The Morgan fingerprint density at radius 3 is 2.33 bits per heavy atom. The van der Waals surface area contributed by atoms with Gasteiger partial charge >= 0.3 is 0 Å². The van der Waals surface area contributed by atoms with Gasteiger partial charge in [0.25, 0.3) is 0 Å². The molecule has 1 N–H and O–H groups in total. The number of rotatable bonds is 15. The van der Waals surface area contributed by atoms with Crippen LogP contribution in [0.15, 0.2) is 72.8 Å². The standard InChI is InChI=1S/C32H39Cl2N3O5S/c1-5-23(2)35-32(39)30(20-24-11-7-6-8-12-24)36(22-25-13-9-14-27(19-25)42-3)31(38)15-10-18-37(43(4,40)41)29-21-26(33)16-17-28(29)34/h6-9,11-14,16-17,19,21,23,30H,5,10,15,18,20,22H2,1-4H3,(H,35,39)/t23-,30+/m0/s1. The van der Waals surface area contributed by atoms with E-state index >= 15 is 0 Å². The monoisotopic (exact) mass is 647 g/mol. The van der Waals surface area contributed by atoms with Crippen molar-refractivity contribution in [2.45, 2.75) is 58.2 Å². The van der Waals surface area contributed by atoms with Crippen LogP contribution in [0.2, 0.25) is 10.0 Å². The molecule has 8 nitrogen and oxygen atoms in total. The smallest absolute Gasteiger partial charge is 0.243 e. The summed E-state index contributed by atoms with van der Waals surface area (Å²) in [4.78, 5) is 29.3. The second kappa shape index (κ2) is 16.0. The predicted molar refractivity (Wildman–Crippen MR) is 173 cm³/mol. The van der Waals surface area contributed by atoms with E-state index in [2.05, 4.69) is 5.32 Å². The van der Waals surface area contributed by atoms with Gasteiger partial charge in [0.15, 0.2) is 0 Å². The van der Waals surface area contributed by atoms with Crippen molar-refractivity contribution in [1.82, 2.24) is 10.2 Å². The van der Waals surface area contributed by atoms with Crippen LogP contribution >= 0.6 is 23.2 Å². The number of hydrogen-bond donors (Lipinski definition) is 1. The summed E-state index contributed by atoms with van der Waals surface area (Å²) < 4.78 is 31.9. The number of carbonyl (C=O) groups is 2. The van der Waals surface area contributed by atoms with Gasteiger partial charge in [0.05, 0.1) is 24.1 Å². The maximum absolute atomic E-state index is 14.0. The van der Waals surface area contributed by atoms with Crippen LogP contribution in [0, 0.1) is 0 Å². The first kappa shape index (κ1) is 34.2. The summed E-state index contributed by atoms with van der Waals surface area (Å²) in [6, 6.07) is 20.6. The molecular weight excluding hydrogens is 609 g/mol. The number of amides is 2. The fraction of sp³-hybridized carbons (Fsp3) is 0.375. The van der Waals surface area contributed by atoms with E-state index in [0.717, 1.165) is 28.1 Å². The number of halogens is 2. The van der Waals surface area contributed by atoms with E-state index in [1.807, 2.05) is 68.4 Å². The molecule has 0 aliphatic carbocycles. The number of hydrogen-bond acceptors (Lipinski definition) is 5. The predicted octanol–water partition coefficient (Wildman–Crippen LogP) is 6.10. The molecule has 2 amide bonds. The third-order valence-corrected chi connectivity index (χ3v) is 8.82. The molecule has 11 heteroatoms. The fourth-order valence-electron chi connectivity index (χ4n) is 4.62. The van der Waals surface area contributed by atoms with Crippen molar-refractivity contribution in [1.29, 1.82) is 0 Å². The molecule has 0 saturated heterocycles. The van der Waals surface area contributed by atoms with E-state index < -0.39 is 16.1 Å². The molecule has 0 aliphatic rings. The summed E-state index contributed by atoms with van der Waals surface area (Å²) >= 11 is 12.4. The Balaban J connectivity index is 1.93. The van der Waals surface area contributed by atoms with Crippen molar-refractivity contribution in [2.24, 2.45) is 0 Å². The second-order valence-electron chi connectivity index (χ2n) is 10.4. The van der Waals surface area contributed by atoms with Gasteiger partial charge in [-0.15, -0.1) is 0 Å². The average Bonchev–Trinajstić information content (AvgIpc) is 2.98. The van der Waals surface area contributed by atoms with Gasteiger partial charge in [0.2, 0.25) is 21.8 Å². The third-order valence-electron chi connectivity index (χ3n) is 7.09. The van der Waals surface area contributed by atoms with E-state index in [0.29, 0.717) is 17.2 Å². The lowest BCUT2D eigenvalue weighted by atomic mass is 10.0. The van der Waals surface area contributed by atoms with E-state index in [1.54, 1.807) is 18.1 Å². The number of ether oxygens (including phenoxy) is 1. The van der Waals surface area contributed by atoms with Crippen LogP contribution in [0.5, 0.6) is 5.75 Å². The molecule has 232 valence electrons. The molecule has 0 aromatic heterocycles. The summed E-state index contributed by atoms with van der Waals surface area (Å²) in [5.41, 5.74) is 1.95. The van der Waals surface area contributed by atoms with Gasteiger partial charge in [-0.05, 0) is 61.2 Å². The average molecular weight is 649 g/mol. The molecule has 0 heterocycles. The highest BCUT2D eigenvalue weighted by molar-refractivity contribution is 7.92. The number of carbonyl (C=O) groups excluding carboxylic acids is 2. The molecule has 0 fully saturated rings. The molecule has 0 bridgehead atoms. The first-order valence-electron chi connectivity index (χ1n) is 14.1. The molecular formula is C32H39Cl2N3O5S. The Bertz CT molecular complexity index is 1490. The fourth-order valence-corrected chi connectivity index (χ4v) is 6.03. The number of nitrogens with zero attached hydrogens (tertiary/aromatic N) is 2. The van der Waals surface area contributed by atoms with Gasteiger partial charge in [-0.2, -0.15) is 0 Å². The van der Waals surface area contributed by atoms with E-state index in [9.17, 15) is 18.0 Å². The summed E-state index contributed by atoms with van der Waals surface area (Å²) in [5, 5.41) is 3.61. The van der Waals surface area contributed by atoms with Gasteiger partial charge in [0, 0.05) is 37.0 Å². The Kier molecular flexibility index (Phi) is 12.7. The molecule has 43 heavy (non-hydrogen) atoms. The van der Waals surface area contributed by atoms with E-state index in [1.165, 1.54) is 12.1 Å². The van der Waals surface area contributed by atoms with Gasteiger partial charge in [-0.3, -0.25) is 13.9 Å². The lowest BCUT2D eigenvalue weighted by molar-refractivity contribution is -0.141. The zero-order valence-corrected chi connectivity index (χ0v) is 27.3. The Hall–Kier alpha value is -3.27. The van der Waals surface area contributed by atoms with Crippen LogP contribution in [-0.2, 0) is 32.6 Å². The van der Waals surface area contributed by atoms with Crippen LogP contribution < -0.4 is 14.4 Å². The number of sulfonamides is 1. The van der Waals surface area contributed by atoms with Crippen LogP contribution in [0.4, 0.5) is 5.69 Å². The van der Waals surface area contributed by atoms with Crippen LogP contribution in [0.3, 0.4) is 0 Å². The molecule has 0 unspecified atom stereocenters. The Labute approximate surface area is 265 Å². The molecule has 0 saturated carbocycles. The maximum Gasteiger partial charge on any atom is 0.243 e. The lowest BCUT2D eigenvalue weighted by Gasteiger charge is -2.33. The van der Waals surface area contributed by atoms with Crippen molar-refractivity contribution in [2.75, 3.05) is 24.2 Å². The van der Waals surface area contributed by atoms with E-state index in [4.69, 9.17) is 27.9 Å². The van der Waals surface area contributed by atoms with Crippen molar-refractivity contribution in [3.63, 3.8) is 0 Å². The van der Waals surface area contributed by atoms with Crippen molar-refractivity contribution in [3.05, 3.63) is 94.0 Å². The third kappa shape index (κ3) is 10.2. The summed E-state index contributed by atoms with van der Waals surface area (Å²) in [6.45, 7) is 4.07. The van der Waals surface area contributed by atoms with Crippen molar-refractivity contribution in [3.8, 4) is 5.75 Å². The summed E-state index contributed by atoms with van der Waals surface area (Å²) in [7, 11) is -2.16. The van der Waals surface area contributed by atoms with Crippen LogP contribution in [-0.4, -0.2) is 57.1 Å². The Morgan fingerprint density at radius 1 is 0.977 bits per heavy atom. The topological polar surface area (TPSA) is 96.0 Å². The second-order valence-corrected chi connectivity index (χ2v) is 13.2. The molecule has 3 aromatic rings. The highest BCUT2D eigenvalue weighted by Gasteiger charge is 2.31. The zero-order chi connectivity index (χ0) is 31.6. The molecule has 2 atom stereocenters. The number of methoxy groups -OCH3 is 1. The first-order valence-corrected chi connectivity index (χ1v) is 16.7. The van der Waals surface area contributed by atoms with Gasteiger partial charge < -0.3 is 15.0 Å². The van der Waals surface area contributed by atoms with Crippen LogP contribution in [0.25, 0.3) is 0 Å². The Morgan fingerprint density at radius 2 is 1.67 bits per heavy atom. The zero-order valence-electron chi connectivity index (χ0n) is 24.9. The summed E-state index contributed by atoms with van der Waals surface area (Å²) in [5.74, 6) is 0.0994. The summed E-state index contributed by atoms with van der Waals surface area (Å²) in [6.07, 6.45) is 2.31. The first-order chi connectivity index (χ1) is 20.4. The minimum atomic E-state index is -3.73. The molecule has 3 rings (SSSR count). The molecule has 3 aromatic carbocycles. The minimum Gasteiger partial charge on any atom is -0.497 e. The van der Waals surface area contributed by atoms with E-state index in [-0.39, 0.29) is 54.5 Å². The van der Waals surface area contributed by atoms with Crippen LogP contribution in [0.1, 0.15) is 44.2 Å². The quantitative estimate of drug-likeness (QED) is 0.215. The normalized spacial score (nSPS) is 12.7. The number of nitrogens with one attached hydrogen (secondary N) is 1. The maximum atomic E-state index is 14.0. The SMILES string of the molecule is CC[C@H](C)NC(=O)[C@@H](Cc1ccccc1)N(Cc1cccc(OC)c1)C(=O)CCCN(c1cc(Cl)ccc1Cl)S(C)(=O)=O. The minimum absolute atomic E-state index is 0.0000521. The van der Waals surface area contributed by atoms with Gasteiger partial charge in [-0.1, -0.05) is 72.6 Å². The molecule has 0 radical (unpaired) electrons. The number of anilines is 1. The van der Waals surface area contributed by atoms with Gasteiger partial charge in [0.1, 0.15) is 11.8 Å². The highest BCUT2D eigenvalue weighted by Crippen LogP contribution is 2.31. The van der Waals surface area contributed by atoms with Crippen molar-refractivity contribution >= 4 is 50.7 Å². The number of benzene rings is 3.